The molecule has 0 saturated carbocycles. The summed E-state index contributed by atoms with van der Waals surface area (Å²) in [5.41, 5.74) is 1.16. The molecule has 3 rings (SSSR count). The highest BCUT2D eigenvalue weighted by Crippen LogP contribution is 2.21. The quantitative estimate of drug-likeness (QED) is 0.471. The molecule has 1 aromatic carbocycles. The monoisotopic (exact) mass is 396 g/mol. The predicted molar refractivity (Wildman–Crippen MR) is 90.4 cm³/mol. The lowest BCUT2D eigenvalue weighted by molar-refractivity contribution is 0.533. The van der Waals surface area contributed by atoms with Crippen LogP contribution in [0.4, 0.5) is 0 Å². The molecule has 5 nitrogen and oxygen atoms in total. The molecule has 0 bridgehead atoms. The van der Waals surface area contributed by atoms with Gasteiger partial charge in [0.15, 0.2) is 4.67 Å². The third-order valence-corrected chi connectivity index (χ3v) is 4.37. The van der Waals surface area contributed by atoms with Gasteiger partial charge in [0.05, 0.1) is 6.21 Å². The van der Waals surface area contributed by atoms with Gasteiger partial charge in [0.25, 0.3) is 0 Å². The first-order valence-electron chi connectivity index (χ1n) is 6.28. The number of nitrogens with zero attached hydrogens (tertiary/aromatic N) is 4. The zero-order valence-corrected chi connectivity index (χ0v) is 14.3. The van der Waals surface area contributed by atoms with E-state index in [0.717, 1.165) is 16.3 Å². The number of furan rings is 1. The van der Waals surface area contributed by atoms with E-state index in [4.69, 9.17) is 16.0 Å². The molecule has 0 amide bonds. The van der Waals surface area contributed by atoms with Gasteiger partial charge in [0.1, 0.15) is 12.1 Å². The van der Waals surface area contributed by atoms with Crippen molar-refractivity contribution >= 4 is 45.5 Å². The predicted octanol–water partition coefficient (Wildman–Crippen LogP) is 4.46. The van der Waals surface area contributed by atoms with Crippen LogP contribution in [0.2, 0.25) is 5.02 Å². The molecule has 0 radical (unpaired) electrons. The number of hydrogen-bond acceptors (Lipinski definition) is 5. The number of halogens is 2. The summed E-state index contributed by atoms with van der Waals surface area (Å²) in [5, 5.41) is 13.7. The van der Waals surface area contributed by atoms with E-state index < -0.39 is 0 Å². The normalized spacial score (nSPS) is 11.4. The van der Waals surface area contributed by atoms with Crippen LogP contribution < -0.4 is 0 Å². The fraction of sp³-hybridized carbons (Fsp3) is 0.0714. The standard InChI is InChI=1S/C14H10BrClN4OS/c15-13-6-5-12(21-13)7-18-20-9-17-19-14(20)22-8-10-1-3-11(16)4-2-10/h1-7,9H,8H2. The van der Waals surface area contributed by atoms with Gasteiger partial charge in [0, 0.05) is 10.8 Å². The van der Waals surface area contributed by atoms with E-state index >= 15 is 0 Å². The minimum absolute atomic E-state index is 0.647. The van der Waals surface area contributed by atoms with E-state index in [1.165, 1.54) is 0 Å². The van der Waals surface area contributed by atoms with Crippen LogP contribution in [0.25, 0.3) is 0 Å². The summed E-state index contributed by atoms with van der Waals surface area (Å²) in [4.78, 5) is 0. The van der Waals surface area contributed by atoms with E-state index in [1.807, 2.05) is 36.4 Å². The smallest absolute Gasteiger partial charge is 0.212 e. The molecular weight excluding hydrogens is 388 g/mol. The Morgan fingerprint density at radius 1 is 1.27 bits per heavy atom. The molecule has 8 heteroatoms. The maximum atomic E-state index is 5.87. The van der Waals surface area contributed by atoms with Crippen LogP contribution >= 0.6 is 39.3 Å². The Balaban J connectivity index is 1.67. The Hall–Kier alpha value is -1.57. The van der Waals surface area contributed by atoms with Crippen molar-refractivity contribution in [3.63, 3.8) is 0 Å². The summed E-state index contributed by atoms with van der Waals surface area (Å²) < 4.78 is 7.63. The topological polar surface area (TPSA) is 56.2 Å². The minimum Gasteiger partial charge on any atom is -0.448 e. The first-order chi connectivity index (χ1) is 10.7. The van der Waals surface area contributed by atoms with E-state index in [9.17, 15) is 0 Å². The van der Waals surface area contributed by atoms with Crippen LogP contribution in [0.5, 0.6) is 0 Å². The highest BCUT2D eigenvalue weighted by molar-refractivity contribution is 9.10. The van der Waals surface area contributed by atoms with Gasteiger partial charge >= 0.3 is 0 Å². The first kappa shape index (κ1) is 15.3. The van der Waals surface area contributed by atoms with Crippen LogP contribution in [-0.2, 0) is 5.75 Å². The lowest BCUT2D eigenvalue weighted by Gasteiger charge is -2.01. The third-order valence-electron chi connectivity index (χ3n) is 2.68. The lowest BCUT2D eigenvalue weighted by atomic mass is 10.2. The van der Waals surface area contributed by atoms with Gasteiger partial charge in [-0.15, -0.1) is 10.2 Å². The van der Waals surface area contributed by atoms with Gasteiger partial charge < -0.3 is 4.42 Å². The molecule has 3 aromatic rings. The van der Waals surface area contributed by atoms with E-state index in [0.29, 0.717) is 15.6 Å². The number of hydrogen-bond donors (Lipinski definition) is 0. The summed E-state index contributed by atoms with van der Waals surface area (Å²) in [6.45, 7) is 0. The van der Waals surface area contributed by atoms with Crippen molar-refractivity contribution in [3.8, 4) is 0 Å². The zero-order valence-electron chi connectivity index (χ0n) is 11.2. The molecule has 0 atom stereocenters. The Bertz CT molecular complexity index is 784. The van der Waals surface area contributed by atoms with Crippen LogP contribution in [0.3, 0.4) is 0 Å². The molecule has 0 aliphatic heterocycles. The molecule has 22 heavy (non-hydrogen) atoms. The molecule has 0 spiro atoms. The highest BCUT2D eigenvalue weighted by Gasteiger charge is 2.05. The van der Waals surface area contributed by atoms with Gasteiger partial charge in [0.2, 0.25) is 5.16 Å². The summed E-state index contributed by atoms with van der Waals surface area (Å²) in [6, 6.07) is 11.3. The molecule has 0 saturated heterocycles. The van der Waals surface area contributed by atoms with Gasteiger partial charge in [-0.05, 0) is 45.8 Å². The van der Waals surface area contributed by atoms with Crippen LogP contribution in [0.15, 0.2) is 62.1 Å². The molecule has 2 aromatic heterocycles. The second-order valence-corrected chi connectivity index (χ2v) is 6.42. The molecule has 0 aliphatic carbocycles. The molecule has 0 fully saturated rings. The SMILES string of the molecule is Clc1ccc(CSc2nncn2N=Cc2ccc(Br)o2)cc1. The summed E-state index contributed by atoms with van der Waals surface area (Å²) in [6.07, 6.45) is 3.17. The Kier molecular flexibility index (Phi) is 4.97. The number of aromatic nitrogens is 3. The summed E-state index contributed by atoms with van der Waals surface area (Å²) in [7, 11) is 0. The summed E-state index contributed by atoms with van der Waals surface area (Å²) in [5.74, 6) is 1.41. The Morgan fingerprint density at radius 3 is 2.82 bits per heavy atom. The fourth-order valence-electron chi connectivity index (χ4n) is 1.64. The van der Waals surface area contributed by atoms with Crippen molar-refractivity contribution in [3.05, 3.63) is 63.7 Å². The maximum absolute atomic E-state index is 5.87. The minimum atomic E-state index is 0.647. The highest BCUT2D eigenvalue weighted by atomic mass is 79.9. The fourth-order valence-corrected chi connectivity index (χ4v) is 2.90. The van der Waals surface area contributed by atoms with E-state index in [-0.39, 0.29) is 0 Å². The number of benzene rings is 1. The van der Waals surface area contributed by atoms with Crippen molar-refractivity contribution in [2.24, 2.45) is 5.10 Å². The van der Waals surface area contributed by atoms with Crippen molar-refractivity contribution < 1.29 is 4.42 Å². The third kappa shape index (κ3) is 4.00. The molecule has 0 N–H and O–H groups in total. The second kappa shape index (κ2) is 7.13. The van der Waals surface area contributed by atoms with Gasteiger partial charge in [-0.3, -0.25) is 0 Å². The zero-order chi connectivity index (χ0) is 15.4. The van der Waals surface area contributed by atoms with Gasteiger partial charge in [-0.25, -0.2) is 0 Å². The van der Waals surface area contributed by atoms with Gasteiger partial charge in [-0.2, -0.15) is 9.78 Å². The van der Waals surface area contributed by atoms with Crippen molar-refractivity contribution in [2.45, 2.75) is 10.9 Å². The second-order valence-electron chi connectivity index (χ2n) is 4.26. The molecular formula is C14H10BrClN4OS. The number of thioether (sulfide) groups is 1. The average Bonchev–Trinajstić information content (AvgIpc) is 3.13. The number of rotatable bonds is 5. The Morgan fingerprint density at radius 2 is 2.09 bits per heavy atom. The molecule has 2 heterocycles. The van der Waals surface area contributed by atoms with Crippen molar-refractivity contribution in [1.29, 1.82) is 0 Å². The summed E-state index contributed by atoms with van der Waals surface area (Å²) >= 11 is 10.7. The van der Waals surface area contributed by atoms with Crippen LogP contribution in [-0.4, -0.2) is 21.1 Å². The first-order valence-corrected chi connectivity index (χ1v) is 8.43. The molecule has 0 aliphatic rings. The lowest BCUT2D eigenvalue weighted by Crippen LogP contribution is -1.92. The Labute approximate surface area is 144 Å². The largest absolute Gasteiger partial charge is 0.448 e. The molecule has 0 unspecified atom stereocenters. The molecule has 112 valence electrons. The van der Waals surface area contributed by atoms with E-state index in [2.05, 4.69) is 31.2 Å². The van der Waals surface area contributed by atoms with E-state index in [1.54, 1.807) is 29.0 Å². The van der Waals surface area contributed by atoms with Crippen molar-refractivity contribution in [2.75, 3.05) is 0 Å². The average molecular weight is 398 g/mol. The van der Waals surface area contributed by atoms with Gasteiger partial charge in [-0.1, -0.05) is 35.5 Å². The van der Waals surface area contributed by atoms with Crippen molar-refractivity contribution in [1.82, 2.24) is 14.9 Å². The maximum Gasteiger partial charge on any atom is 0.212 e. The van der Waals surface area contributed by atoms with Crippen LogP contribution in [0, 0.1) is 0 Å². The van der Waals surface area contributed by atoms with Crippen LogP contribution in [0.1, 0.15) is 11.3 Å².